The maximum atomic E-state index is 13.7. The van der Waals surface area contributed by atoms with Gasteiger partial charge in [0.1, 0.15) is 18.1 Å². The number of carbonyl (C=O) groups excluding carboxylic acids is 1. The van der Waals surface area contributed by atoms with Gasteiger partial charge in [0, 0.05) is 5.56 Å². The number of carbonyl (C=O) groups is 1. The topological polar surface area (TPSA) is 79.1 Å². The van der Waals surface area contributed by atoms with Crippen LogP contribution >= 0.6 is 11.3 Å². The number of methoxy groups -OCH3 is 2. The highest BCUT2D eigenvalue weighted by molar-refractivity contribution is 7.07. The third-order valence-corrected chi connectivity index (χ3v) is 6.40. The molecule has 0 amide bonds. The summed E-state index contributed by atoms with van der Waals surface area (Å²) in [6, 6.07) is 14.1. The first kappa shape index (κ1) is 23.3. The van der Waals surface area contributed by atoms with Gasteiger partial charge >= 0.3 is 5.97 Å². The van der Waals surface area contributed by atoms with Gasteiger partial charge in [-0.15, -0.1) is 0 Å². The lowest BCUT2D eigenvalue weighted by Gasteiger charge is -2.24. The first-order valence-corrected chi connectivity index (χ1v) is 11.4. The molecule has 1 atom stereocenters. The summed E-state index contributed by atoms with van der Waals surface area (Å²) in [4.78, 5) is 31.7. The molecular weight excluding hydrogens is 452 g/mol. The molecule has 0 saturated carbocycles. The van der Waals surface area contributed by atoms with E-state index in [1.165, 1.54) is 17.4 Å². The van der Waals surface area contributed by atoms with Crippen LogP contribution < -0.4 is 24.4 Å². The van der Waals surface area contributed by atoms with Crippen LogP contribution in [0.2, 0.25) is 0 Å². The number of allylic oxidation sites excluding steroid dienone is 1. The summed E-state index contributed by atoms with van der Waals surface area (Å²) >= 11 is 1.25. The van der Waals surface area contributed by atoms with E-state index in [0.717, 1.165) is 5.56 Å². The van der Waals surface area contributed by atoms with Crippen molar-refractivity contribution in [3.63, 3.8) is 0 Å². The van der Waals surface area contributed by atoms with Gasteiger partial charge in [-0.1, -0.05) is 54.3 Å². The number of ether oxygens (including phenoxy) is 3. The van der Waals surface area contributed by atoms with E-state index in [-0.39, 0.29) is 12.2 Å². The molecule has 1 aliphatic rings. The number of nitrogens with zero attached hydrogens (tertiary/aromatic N) is 2. The van der Waals surface area contributed by atoms with Crippen molar-refractivity contribution < 1.29 is 19.0 Å². The molecule has 7 nitrogen and oxygen atoms in total. The van der Waals surface area contributed by atoms with Crippen molar-refractivity contribution in [1.29, 1.82) is 0 Å². The Morgan fingerprint density at radius 2 is 1.94 bits per heavy atom. The maximum absolute atomic E-state index is 13.7. The number of hydrogen-bond acceptors (Lipinski definition) is 7. The number of thiazole rings is 1. The maximum Gasteiger partial charge on any atom is 0.338 e. The Bertz CT molecular complexity index is 1450. The zero-order valence-electron chi connectivity index (χ0n) is 19.1. The van der Waals surface area contributed by atoms with Crippen molar-refractivity contribution in [1.82, 2.24) is 4.57 Å². The molecule has 0 radical (unpaired) electrons. The Balaban J connectivity index is 1.94. The van der Waals surface area contributed by atoms with Gasteiger partial charge in [-0.3, -0.25) is 9.36 Å². The van der Waals surface area contributed by atoms with Gasteiger partial charge in [0.25, 0.3) is 5.56 Å². The summed E-state index contributed by atoms with van der Waals surface area (Å²) in [5, 5.41) is 0. The summed E-state index contributed by atoms with van der Waals surface area (Å²) in [6.45, 7) is 5.42. The molecule has 4 rings (SSSR count). The molecule has 0 spiro atoms. The molecule has 3 aromatic rings. The first-order chi connectivity index (χ1) is 16.5. The van der Waals surface area contributed by atoms with E-state index in [1.807, 2.05) is 30.3 Å². The second-order valence-electron chi connectivity index (χ2n) is 7.49. The average molecular weight is 477 g/mol. The van der Waals surface area contributed by atoms with E-state index >= 15 is 0 Å². The second kappa shape index (κ2) is 9.93. The fourth-order valence-electron chi connectivity index (χ4n) is 3.84. The summed E-state index contributed by atoms with van der Waals surface area (Å²) < 4.78 is 18.1. The molecule has 0 saturated heterocycles. The van der Waals surface area contributed by atoms with E-state index in [2.05, 4.69) is 11.6 Å². The van der Waals surface area contributed by atoms with E-state index in [4.69, 9.17) is 14.2 Å². The number of rotatable bonds is 7. The smallest absolute Gasteiger partial charge is 0.338 e. The van der Waals surface area contributed by atoms with Crippen LogP contribution in [0.5, 0.6) is 11.5 Å². The fourth-order valence-corrected chi connectivity index (χ4v) is 4.88. The minimum absolute atomic E-state index is 0.0666. The normalized spacial score (nSPS) is 15.4. The molecule has 34 heavy (non-hydrogen) atoms. The first-order valence-electron chi connectivity index (χ1n) is 10.6. The highest BCUT2D eigenvalue weighted by atomic mass is 32.1. The lowest BCUT2D eigenvalue weighted by Crippen LogP contribution is -2.39. The molecule has 2 aromatic carbocycles. The molecule has 0 fully saturated rings. The Hall–Kier alpha value is -3.91. The molecule has 1 aliphatic heterocycles. The van der Waals surface area contributed by atoms with E-state index in [1.54, 1.807) is 50.0 Å². The fraction of sp³-hybridized carbons (Fsp3) is 0.192. The molecule has 0 N–H and O–H groups in total. The van der Waals surface area contributed by atoms with E-state index in [9.17, 15) is 9.59 Å². The molecule has 2 heterocycles. The lowest BCUT2D eigenvalue weighted by molar-refractivity contribution is -0.138. The average Bonchev–Trinajstić information content (AvgIpc) is 3.16. The molecule has 1 aromatic heterocycles. The number of benzene rings is 2. The molecule has 0 aliphatic carbocycles. The van der Waals surface area contributed by atoms with Gasteiger partial charge in [-0.2, -0.15) is 0 Å². The number of esters is 1. The predicted molar refractivity (Wildman–Crippen MR) is 131 cm³/mol. The zero-order chi connectivity index (χ0) is 24.2. The molecule has 8 heteroatoms. The lowest BCUT2D eigenvalue weighted by atomic mass is 9.96. The Labute approximate surface area is 200 Å². The monoisotopic (exact) mass is 476 g/mol. The highest BCUT2D eigenvalue weighted by Gasteiger charge is 2.33. The third-order valence-electron chi connectivity index (χ3n) is 5.41. The van der Waals surface area contributed by atoms with Crippen molar-refractivity contribution in [2.75, 3.05) is 20.8 Å². The number of fused-ring (bicyclic) bond motifs is 1. The van der Waals surface area contributed by atoms with Crippen LogP contribution in [0.25, 0.3) is 6.08 Å². The summed E-state index contributed by atoms with van der Waals surface area (Å²) in [5.74, 6) is 0.722. The minimum atomic E-state index is -0.663. The van der Waals surface area contributed by atoms with Crippen LogP contribution in [0.3, 0.4) is 0 Å². The van der Waals surface area contributed by atoms with Crippen molar-refractivity contribution >= 4 is 23.4 Å². The number of hydrogen-bond donors (Lipinski definition) is 0. The van der Waals surface area contributed by atoms with Crippen LogP contribution in [-0.2, 0) is 9.53 Å². The molecular formula is C26H24N2O5S. The Morgan fingerprint density at radius 1 is 1.18 bits per heavy atom. The molecule has 0 unspecified atom stereocenters. The standard InChI is InChI=1S/C26H24N2O5S/c1-5-13-33-25(30)22-16(2)27-26-28(23(22)17-9-7-6-8-10-17)24(29)21(34-26)15-18-14-19(31-3)11-12-20(18)32-4/h5-12,14-15,23H,1,13H2,2-4H3/b21-15-/t23-/m1/s1. The van der Waals surface area contributed by atoms with Crippen molar-refractivity contribution in [3.8, 4) is 11.5 Å². The minimum Gasteiger partial charge on any atom is -0.497 e. The van der Waals surface area contributed by atoms with Gasteiger partial charge in [0.2, 0.25) is 0 Å². The van der Waals surface area contributed by atoms with Crippen molar-refractivity contribution in [3.05, 3.63) is 103 Å². The Morgan fingerprint density at radius 3 is 2.62 bits per heavy atom. The van der Waals surface area contributed by atoms with E-state index < -0.39 is 12.0 Å². The van der Waals surface area contributed by atoms with Gasteiger partial charge in [0.15, 0.2) is 4.80 Å². The predicted octanol–water partition coefficient (Wildman–Crippen LogP) is 2.98. The summed E-state index contributed by atoms with van der Waals surface area (Å²) in [5.41, 5.74) is 2.06. The van der Waals surface area contributed by atoms with Crippen LogP contribution in [0.15, 0.2) is 82.2 Å². The summed E-state index contributed by atoms with van der Waals surface area (Å²) in [7, 11) is 3.15. The van der Waals surface area contributed by atoms with Crippen molar-refractivity contribution in [2.24, 2.45) is 4.99 Å². The SMILES string of the molecule is C=CCOC(=O)C1=C(C)N=c2s/c(=C\c3cc(OC)ccc3OC)c(=O)n2[C@@H]1c1ccccc1. The summed E-state index contributed by atoms with van der Waals surface area (Å²) in [6.07, 6.45) is 3.25. The van der Waals surface area contributed by atoms with Gasteiger partial charge in [0.05, 0.1) is 36.1 Å². The van der Waals surface area contributed by atoms with Gasteiger partial charge in [-0.25, -0.2) is 9.79 Å². The van der Waals surface area contributed by atoms with Gasteiger partial charge < -0.3 is 14.2 Å². The quantitative estimate of drug-likeness (QED) is 0.387. The third kappa shape index (κ3) is 4.32. The largest absolute Gasteiger partial charge is 0.497 e. The Kier molecular flexibility index (Phi) is 6.79. The van der Waals surface area contributed by atoms with Gasteiger partial charge in [-0.05, 0) is 36.8 Å². The van der Waals surface area contributed by atoms with Crippen LogP contribution in [0, 0.1) is 0 Å². The number of aromatic nitrogens is 1. The van der Waals surface area contributed by atoms with Crippen LogP contribution in [0.4, 0.5) is 0 Å². The zero-order valence-corrected chi connectivity index (χ0v) is 19.9. The van der Waals surface area contributed by atoms with Crippen molar-refractivity contribution in [2.45, 2.75) is 13.0 Å². The molecule has 0 bridgehead atoms. The van der Waals surface area contributed by atoms with Crippen LogP contribution in [-0.4, -0.2) is 31.4 Å². The second-order valence-corrected chi connectivity index (χ2v) is 8.50. The van der Waals surface area contributed by atoms with E-state index in [0.29, 0.717) is 37.7 Å². The highest BCUT2D eigenvalue weighted by Crippen LogP contribution is 2.30. The molecule has 174 valence electrons. The van der Waals surface area contributed by atoms with Crippen LogP contribution in [0.1, 0.15) is 24.1 Å².